The number of hydrogen-bond acceptors (Lipinski definition) is 3. The van der Waals surface area contributed by atoms with Crippen molar-refractivity contribution in [2.45, 2.75) is 11.3 Å². The maximum absolute atomic E-state index is 11.4. The van der Waals surface area contributed by atoms with Crippen molar-refractivity contribution in [3.8, 4) is 0 Å². The molecule has 6 heteroatoms. The Balaban J connectivity index is 2.50. The lowest BCUT2D eigenvalue weighted by molar-refractivity contribution is -0.142. The van der Waals surface area contributed by atoms with Gasteiger partial charge in [0.15, 0.2) is 0 Å². The van der Waals surface area contributed by atoms with E-state index < -0.39 is 10.8 Å². The number of halogens is 3. The van der Waals surface area contributed by atoms with Gasteiger partial charge in [0, 0.05) is 0 Å². The van der Waals surface area contributed by atoms with Gasteiger partial charge in [0.05, 0.1) is 12.3 Å². The Morgan fingerprint density at radius 2 is 1.94 bits per heavy atom. The summed E-state index contributed by atoms with van der Waals surface area (Å²) < 4.78 is 0. The van der Waals surface area contributed by atoms with Crippen LogP contribution in [0.3, 0.4) is 0 Å². The molecule has 0 atom stereocenters. The second-order valence-corrected chi connectivity index (χ2v) is 4.51. The van der Waals surface area contributed by atoms with Crippen molar-refractivity contribution >= 4 is 46.5 Å². The SMILES string of the molecule is O=C(Cc1ccccc1)O/N=C(\CCl)C(Cl)Cl. The molecule has 0 aromatic heterocycles. The van der Waals surface area contributed by atoms with Crippen LogP contribution in [-0.4, -0.2) is 22.4 Å². The molecule has 0 radical (unpaired) electrons. The quantitative estimate of drug-likeness (QED) is 0.362. The Labute approximate surface area is 114 Å². The average Bonchev–Trinajstić information content (AvgIpc) is 2.30. The van der Waals surface area contributed by atoms with Crippen molar-refractivity contribution in [1.82, 2.24) is 0 Å². The van der Waals surface area contributed by atoms with E-state index in [1.807, 2.05) is 30.3 Å². The molecule has 1 aromatic carbocycles. The molecule has 1 aromatic rings. The molecule has 0 bridgehead atoms. The van der Waals surface area contributed by atoms with Crippen LogP contribution in [-0.2, 0) is 16.1 Å². The van der Waals surface area contributed by atoms with Crippen LogP contribution in [0.25, 0.3) is 0 Å². The van der Waals surface area contributed by atoms with E-state index in [0.717, 1.165) is 5.56 Å². The van der Waals surface area contributed by atoms with Crippen molar-refractivity contribution in [2.24, 2.45) is 5.16 Å². The molecule has 0 spiro atoms. The smallest absolute Gasteiger partial charge is 0.318 e. The first kappa shape index (κ1) is 14.3. The third kappa shape index (κ3) is 5.39. The highest BCUT2D eigenvalue weighted by Crippen LogP contribution is 2.07. The summed E-state index contributed by atoms with van der Waals surface area (Å²) in [6, 6.07) is 9.18. The number of nitrogens with zero attached hydrogens (tertiary/aromatic N) is 1. The molecule has 0 heterocycles. The third-order valence-corrected chi connectivity index (χ3v) is 2.62. The summed E-state index contributed by atoms with van der Waals surface area (Å²) in [7, 11) is 0. The molecule has 3 nitrogen and oxygen atoms in total. The summed E-state index contributed by atoms with van der Waals surface area (Å²) in [5.74, 6) is -0.483. The van der Waals surface area contributed by atoms with Crippen molar-refractivity contribution in [1.29, 1.82) is 0 Å². The van der Waals surface area contributed by atoms with Crippen LogP contribution in [0.1, 0.15) is 5.56 Å². The maximum Gasteiger partial charge on any atom is 0.339 e. The van der Waals surface area contributed by atoms with Gasteiger partial charge in [-0.2, -0.15) is 0 Å². The fraction of sp³-hybridized carbons (Fsp3) is 0.273. The number of alkyl halides is 3. The van der Waals surface area contributed by atoms with Gasteiger partial charge in [-0.05, 0) is 5.56 Å². The van der Waals surface area contributed by atoms with Crippen LogP contribution in [0, 0.1) is 0 Å². The Kier molecular flexibility index (Phi) is 6.34. The van der Waals surface area contributed by atoms with Crippen LogP contribution >= 0.6 is 34.8 Å². The van der Waals surface area contributed by atoms with Crippen LogP contribution in [0.4, 0.5) is 0 Å². The number of carbonyl (C=O) groups is 1. The number of carbonyl (C=O) groups excluding carboxylic acids is 1. The van der Waals surface area contributed by atoms with E-state index in [0.29, 0.717) is 0 Å². The first-order chi connectivity index (χ1) is 8.13. The topological polar surface area (TPSA) is 38.7 Å². The van der Waals surface area contributed by atoms with E-state index in [2.05, 4.69) is 9.99 Å². The fourth-order valence-electron chi connectivity index (χ4n) is 1.03. The maximum atomic E-state index is 11.4. The molecule has 0 fully saturated rings. The molecule has 0 aliphatic carbocycles. The lowest BCUT2D eigenvalue weighted by Crippen LogP contribution is -2.13. The summed E-state index contributed by atoms with van der Waals surface area (Å²) in [5.41, 5.74) is 1.05. The van der Waals surface area contributed by atoms with E-state index in [1.165, 1.54) is 0 Å². The lowest BCUT2D eigenvalue weighted by atomic mass is 10.2. The second-order valence-electron chi connectivity index (χ2n) is 3.14. The minimum absolute atomic E-state index is 0.0102. The van der Waals surface area contributed by atoms with Gasteiger partial charge in [0.2, 0.25) is 0 Å². The average molecular weight is 295 g/mol. The summed E-state index contributed by atoms with van der Waals surface area (Å²) in [4.78, 5) is 15.2. The Morgan fingerprint density at radius 3 is 2.47 bits per heavy atom. The number of oxime groups is 1. The normalized spacial score (nSPS) is 11.6. The molecule has 0 N–H and O–H groups in total. The van der Waals surface area contributed by atoms with Gasteiger partial charge in [-0.25, -0.2) is 4.79 Å². The van der Waals surface area contributed by atoms with E-state index in [4.69, 9.17) is 34.8 Å². The van der Waals surface area contributed by atoms with E-state index >= 15 is 0 Å². The van der Waals surface area contributed by atoms with Gasteiger partial charge in [0.1, 0.15) is 10.5 Å². The van der Waals surface area contributed by atoms with Crippen LogP contribution in [0.15, 0.2) is 35.5 Å². The molecule has 0 saturated heterocycles. The zero-order chi connectivity index (χ0) is 12.7. The van der Waals surface area contributed by atoms with Gasteiger partial charge in [-0.15, -0.1) is 11.6 Å². The van der Waals surface area contributed by atoms with E-state index in [-0.39, 0.29) is 18.0 Å². The molecular formula is C11H10Cl3NO2. The molecule has 1 rings (SSSR count). The van der Waals surface area contributed by atoms with Crippen LogP contribution < -0.4 is 0 Å². The minimum atomic E-state index is -0.878. The predicted octanol–water partition coefficient (Wildman–Crippen LogP) is 3.17. The molecule has 0 unspecified atom stereocenters. The molecule has 92 valence electrons. The molecule has 17 heavy (non-hydrogen) atoms. The third-order valence-electron chi connectivity index (χ3n) is 1.84. The summed E-state index contributed by atoms with van der Waals surface area (Å²) in [6.07, 6.45) is 0.134. The Bertz CT molecular complexity index is 393. The number of hydrogen-bond donors (Lipinski definition) is 0. The van der Waals surface area contributed by atoms with E-state index in [9.17, 15) is 4.79 Å². The van der Waals surface area contributed by atoms with Gasteiger partial charge < -0.3 is 4.84 Å². The molecule has 0 aliphatic heterocycles. The van der Waals surface area contributed by atoms with Crippen LogP contribution in [0.2, 0.25) is 0 Å². The van der Waals surface area contributed by atoms with Crippen molar-refractivity contribution < 1.29 is 9.63 Å². The monoisotopic (exact) mass is 293 g/mol. The van der Waals surface area contributed by atoms with Crippen molar-refractivity contribution in [3.63, 3.8) is 0 Å². The van der Waals surface area contributed by atoms with Crippen LogP contribution in [0.5, 0.6) is 0 Å². The zero-order valence-corrected chi connectivity index (χ0v) is 11.0. The van der Waals surface area contributed by atoms with Gasteiger partial charge in [0.25, 0.3) is 0 Å². The van der Waals surface area contributed by atoms with Crippen molar-refractivity contribution in [2.75, 3.05) is 5.88 Å². The Morgan fingerprint density at radius 1 is 1.29 bits per heavy atom. The molecule has 0 amide bonds. The first-order valence-corrected chi connectivity index (χ1v) is 6.19. The number of benzene rings is 1. The predicted molar refractivity (Wildman–Crippen MR) is 69.9 cm³/mol. The highest BCUT2D eigenvalue weighted by Gasteiger charge is 2.11. The highest BCUT2D eigenvalue weighted by molar-refractivity contribution is 6.56. The first-order valence-electron chi connectivity index (χ1n) is 4.78. The standard InChI is InChI=1S/C11H10Cl3NO2/c12-7-9(11(13)14)15-17-10(16)6-8-4-2-1-3-5-8/h1-5,11H,6-7H2/b15-9+. The van der Waals surface area contributed by atoms with Gasteiger partial charge >= 0.3 is 5.97 Å². The second kappa shape index (κ2) is 7.54. The molecule has 0 saturated carbocycles. The van der Waals surface area contributed by atoms with E-state index in [1.54, 1.807) is 0 Å². The zero-order valence-electron chi connectivity index (χ0n) is 8.78. The summed E-state index contributed by atoms with van der Waals surface area (Å²) in [5, 5.41) is 3.51. The fourth-order valence-corrected chi connectivity index (χ4v) is 1.62. The van der Waals surface area contributed by atoms with Gasteiger partial charge in [-0.1, -0.05) is 58.7 Å². The summed E-state index contributed by atoms with van der Waals surface area (Å²) in [6.45, 7) is 0. The minimum Gasteiger partial charge on any atom is -0.318 e. The Hall–Kier alpha value is -0.770. The molecular weight excluding hydrogens is 284 g/mol. The summed E-state index contributed by atoms with van der Waals surface area (Å²) >= 11 is 16.6. The van der Waals surface area contributed by atoms with Gasteiger partial charge in [-0.3, -0.25) is 0 Å². The molecule has 0 aliphatic rings. The largest absolute Gasteiger partial charge is 0.339 e. The number of rotatable bonds is 5. The lowest BCUT2D eigenvalue weighted by Gasteiger charge is -2.02. The van der Waals surface area contributed by atoms with Crippen molar-refractivity contribution in [3.05, 3.63) is 35.9 Å². The highest BCUT2D eigenvalue weighted by atomic mass is 35.5.